The number of esters is 1. The van der Waals surface area contributed by atoms with E-state index in [4.69, 9.17) is 4.74 Å². The van der Waals surface area contributed by atoms with Crippen molar-refractivity contribution in [1.29, 1.82) is 0 Å². The third-order valence-electron chi connectivity index (χ3n) is 7.39. The van der Waals surface area contributed by atoms with E-state index in [9.17, 15) is 27.2 Å². The average Bonchev–Trinajstić information content (AvgIpc) is 3.47. The maximum absolute atomic E-state index is 13.9. The van der Waals surface area contributed by atoms with E-state index >= 15 is 0 Å². The Balaban J connectivity index is 0.00000481. The van der Waals surface area contributed by atoms with E-state index < -0.39 is 40.4 Å². The van der Waals surface area contributed by atoms with Gasteiger partial charge in [-0.1, -0.05) is 78.1 Å². The zero-order valence-electron chi connectivity index (χ0n) is 21.3. The Hall–Kier alpha value is -2.38. The van der Waals surface area contributed by atoms with Gasteiger partial charge < -0.3 is 10.1 Å². The number of carbonyl (C=O) groups is 2. The van der Waals surface area contributed by atoms with E-state index in [0.29, 0.717) is 17.7 Å². The highest BCUT2D eigenvalue weighted by Gasteiger charge is 2.65. The first kappa shape index (κ1) is 28.2. The molecule has 2 aliphatic rings. The quantitative estimate of drug-likeness (QED) is 0.0804. The molecule has 0 radical (unpaired) electrons. The molecule has 4 nitrogen and oxygen atoms in total. The molecule has 2 unspecified atom stereocenters. The fraction of sp³-hybridized carbons (Fsp3) is 0.643. The third kappa shape index (κ3) is 6.48. The summed E-state index contributed by atoms with van der Waals surface area (Å²) >= 11 is 0. The second-order valence-electron chi connectivity index (χ2n) is 10.2. The molecule has 2 aliphatic carbocycles. The van der Waals surface area contributed by atoms with Gasteiger partial charge in [-0.2, -0.15) is 8.78 Å². The Kier molecular flexibility index (Phi) is 9.97. The van der Waals surface area contributed by atoms with Crippen molar-refractivity contribution in [3.8, 4) is 5.75 Å². The van der Waals surface area contributed by atoms with Crippen LogP contribution < -0.4 is 10.1 Å². The van der Waals surface area contributed by atoms with Crippen LogP contribution in [0.4, 0.5) is 17.6 Å². The summed E-state index contributed by atoms with van der Waals surface area (Å²) < 4.78 is 59.3. The monoisotopic (exact) mass is 513 g/mol. The van der Waals surface area contributed by atoms with Gasteiger partial charge in [0.15, 0.2) is 11.6 Å². The molecule has 36 heavy (non-hydrogen) atoms. The molecule has 1 fully saturated rings. The zero-order chi connectivity index (χ0) is 26.3. The fourth-order valence-corrected chi connectivity index (χ4v) is 4.99. The zero-order valence-corrected chi connectivity index (χ0v) is 21.3. The number of amides is 1. The first-order valence-electron chi connectivity index (χ1n) is 13.3. The Morgan fingerprint density at radius 3 is 1.97 bits per heavy atom. The van der Waals surface area contributed by atoms with Gasteiger partial charge in [-0.05, 0) is 24.8 Å². The summed E-state index contributed by atoms with van der Waals surface area (Å²) in [6.45, 7) is 4.32. The number of carbonyl (C=O) groups excluding carboxylic acids is 2. The summed E-state index contributed by atoms with van der Waals surface area (Å²) in [5.41, 5.74) is 0.230. The van der Waals surface area contributed by atoms with Gasteiger partial charge in [0, 0.05) is 25.5 Å². The number of halogens is 4. The van der Waals surface area contributed by atoms with E-state index in [0.717, 1.165) is 51.4 Å². The Morgan fingerprint density at radius 1 is 0.889 bits per heavy atom. The second-order valence-corrected chi connectivity index (χ2v) is 10.2. The molecule has 0 heterocycles. The van der Waals surface area contributed by atoms with Crippen molar-refractivity contribution in [2.75, 3.05) is 0 Å². The lowest BCUT2D eigenvalue weighted by Crippen LogP contribution is -2.37. The highest BCUT2D eigenvalue weighted by atomic mass is 19.2. The molecule has 202 valence electrons. The predicted molar refractivity (Wildman–Crippen MR) is 131 cm³/mol. The number of hydrogen-bond acceptors (Lipinski definition) is 3. The number of rotatable bonds is 16. The summed E-state index contributed by atoms with van der Waals surface area (Å²) in [5.74, 6) is -9.28. The van der Waals surface area contributed by atoms with Crippen molar-refractivity contribution in [1.82, 2.24) is 5.32 Å². The summed E-state index contributed by atoms with van der Waals surface area (Å²) in [5, 5.41) is 2.96. The van der Waals surface area contributed by atoms with Crippen LogP contribution in [-0.4, -0.2) is 11.9 Å². The van der Waals surface area contributed by atoms with Gasteiger partial charge >= 0.3 is 5.97 Å². The van der Waals surface area contributed by atoms with Crippen LogP contribution in [-0.2, 0) is 9.59 Å². The maximum atomic E-state index is 13.9. The summed E-state index contributed by atoms with van der Waals surface area (Å²) in [4.78, 5) is 25.6. The van der Waals surface area contributed by atoms with Gasteiger partial charge in [0.2, 0.25) is 23.3 Å². The van der Waals surface area contributed by atoms with Crippen molar-refractivity contribution in [2.24, 2.45) is 11.3 Å². The molecule has 0 bridgehead atoms. The number of allylic oxidation sites excluding steroid dienone is 1. The molecule has 0 spiro atoms. The van der Waals surface area contributed by atoms with Crippen molar-refractivity contribution in [2.45, 2.75) is 104 Å². The molecule has 2 atom stereocenters. The molecule has 1 N–H and O–H groups in total. The van der Waals surface area contributed by atoms with E-state index in [1.54, 1.807) is 0 Å². The molecular weight excluding hydrogens is 474 g/mol. The van der Waals surface area contributed by atoms with Crippen LogP contribution in [0, 0.1) is 34.6 Å². The SMILES string of the molecule is CCCCCCCCC(CCCCCC)C(=O)NC1=C2CC2(C(=O)Oc2c(F)c(F)cc(F)c2F)C1.[HH]. The topological polar surface area (TPSA) is 55.4 Å². The number of fused-ring (bicyclic) bond motifs is 1. The standard InChI is InChI=1S/C28H37F4NO3.H2/c1-3-5-7-9-10-12-14-18(13-11-8-6-4-2)26(34)33-22-17-28(16-19(22)28)27(35)36-25-23(31)20(29)15-21(30)24(25)32;/h15,18H,3-14,16-17H2,1-2H3,(H,33,34);1H. The molecular formula is C28H39F4NO3. The minimum atomic E-state index is -1.75. The molecule has 3 rings (SSSR count). The minimum absolute atomic E-state index is 0. The number of nitrogens with one attached hydrogen (secondary N) is 1. The maximum Gasteiger partial charge on any atom is 0.322 e. The van der Waals surface area contributed by atoms with Crippen LogP contribution in [0.2, 0.25) is 0 Å². The number of benzene rings is 1. The van der Waals surface area contributed by atoms with E-state index in [1.807, 2.05) is 0 Å². The Labute approximate surface area is 212 Å². The highest BCUT2D eigenvalue weighted by molar-refractivity contribution is 5.93. The molecule has 0 aromatic heterocycles. The van der Waals surface area contributed by atoms with E-state index in [1.165, 1.54) is 25.7 Å². The van der Waals surface area contributed by atoms with Gasteiger partial charge in [-0.25, -0.2) is 8.78 Å². The minimum Gasteiger partial charge on any atom is -0.419 e. The molecule has 1 amide bonds. The van der Waals surface area contributed by atoms with Crippen molar-refractivity contribution < 1.29 is 33.3 Å². The Morgan fingerprint density at radius 2 is 1.42 bits per heavy atom. The predicted octanol–water partition coefficient (Wildman–Crippen LogP) is 7.90. The number of ether oxygens (including phenoxy) is 1. The van der Waals surface area contributed by atoms with Crippen LogP contribution in [0.3, 0.4) is 0 Å². The molecule has 1 saturated carbocycles. The summed E-state index contributed by atoms with van der Waals surface area (Å²) in [6.07, 6.45) is 13.4. The summed E-state index contributed by atoms with van der Waals surface area (Å²) in [7, 11) is 0. The lowest BCUT2D eigenvalue weighted by atomic mass is 9.88. The first-order chi connectivity index (χ1) is 17.2. The molecule has 1 aromatic carbocycles. The second kappa shape index (κ2) is 12.7. The van der Waals surface area contributed by atoms with Crippen LogP contribution in [0.25, 0.3) is 0 Å². The molecule has 0 aliphatic heterocycles. The Bertz CT molecular complexity index is 974. The van der Waals surface area contributed by atoms with E-state index in [2.05, 4.69) is 19.2 Å². The smallest absolute Gasteiger partial charge is 0.322 e. The van der Waals surface area contributed by atoms with Gasteiger partial charge in [0.1, 0.15) is 5.41 Å². The average molecular weight is 514 g/mol. The van der Waals surface area contributed by atoms with Crippen molar-refractivity contribution in [3.63, 3.8) is 0 Å². The number of hydrogen-bond donors (Lipinski definition) is 1. The lowest BCUT2D eigenvalue weighted by Gasteiger charge is -2.26. The molecule has 1 aromatic rings. The van der Waals surface area contributed by atoms with Gasteiger partial charge in [-0.3, -0.25) is 9.59 Å². The largest absolute Gasteiger partial charge is 0.419 e. The normalized spacial score (nSPS) is 18.9. The molecule has 0 saturated heterocycles. The van der Waals surface area contributed by atoms with Crippen molar-refractivity contribution in [3.05, 3.63) is 40.6 Å². The van der Waals surface area contributed by atoms with E-state index in [-0.39, 0.29) is 25.7 Å². The van der Waals surface area contributed by atoms with Crippen molar-refractivity contribution >= 4 is 11.9 Å². The first-order valence-corrected chi connectivity index (χ1v) is 13.3. The van der Waals surface area contributed by atoms with Crippen LogP contribution in [0.15, 0.2) is 17.3 Å². The summed E-state index contributed by atoms with van der Waals surface area (Å²) in [6, 6.07) is 0.0591. The lowest BCUT2D eigenvalue weighted by molar-refractivity contribution is -0.141. The van der Waals surface area contributed by atoms with Gasteiger partial charge in [0.25, 0.3) is 0 Å². The highest BCUT2D eigenvalue weighted by Crippen LogP contribution is 2.66. The van der Waals surface area contributed by atoms with Crippen LogP contribution in [0.1, 0.15) is 105 Å². The number of unbranched alkanes of at least 4 members (excludes halogenated alkanes) is 8. The third-order valence-corrected chi connectivity index (χ3v) is 7.39. The fourth-order valence-electron chi connectivity index (χ4n) is 4.99. The van der Waals surface area contributed by atoms with Gasteiger partial charge in [-0.15, -0.1) is 0 Å². The van der Waals surface area contributed by atoms with Crippen LogP contribution in [0.5, 0.6) is 5.75 Å². The van der Waals surface area contributed by atoms with Gasteiger partial charge in [0.05, 0.1) is 0 Å². The van der Waals surface area contributed by atoms with Crippen LogP contribution >= 0.6 is 0 Å². The molecule has 8 heteroatoms.